The Hall–Kier alpha value is -0.220. The number of nitrogens with two attached hydrogens (primary N) is 1. The van der Waals surface area contributed by atoms with Crippen molar-refractivity contribution in [2.45, 2.75) is 31.6 Å². The second kappa shape index (κ2) is 5.92. The third-order valence-electron chi connectivity index (χ3n) is 2.14. The van der Waals surface area contributed by atoms with Crippen LogP contribution in [0.2, 0.25) is 5.02 Å². The van der Waals surface area contributed by atoms with Crippen molar-refractivity contribution in [1.29, 1.82) is 0 Å². The lowest BCUT2D eigenvalue weighted by Crippen LogP contribution is -2.30. The minimum absolute atomic E-state index is 0.142. The maximum absolute atomic E-state index is 5.96. The van der Waals surface area contributed by atoms with Crippen molar-refractivity contribution in [2.75, 3.05) is 5.75 Å². The monoisotopic (exact) mass is 258 g/mol. The van der Waals surface area contributed by atoms with Gasteiger partial charge in [0.2, 0.25) is 0 Å². The van der Waals surface area contributed by atoms with Crippen LogP contribution < -0.4 is 11.3 Å². The molecule has 1 unspecified atom stereocenters. The zero-order valence-electron chi connectivity index (χ0n) is 9.96. The first-order valence-corrected chi connectivity index (χ1v) is 6.64. The molecule has 1 rings (SSSR count). The molecular formula is C12H19ClN2S. The second-order valence-electron chi connectivity index (χ2n) is 4.70. The van der Waals surface area contributed by atoms with Crippen LogP contribution in [0.5, 0.6) is 0 Å². The van der Waals surface area contributed by atoms with Crippen LogP contribution >= 0.6 is 23.4 Å². The predicted molar refractivity (Wildman–Crippen MR) is 73.7 cm³/mol. The van der Waals surface area contributed by atoms with Crippen molar-refractivity contribution < 1.29 is 0 Å². The van der Waals surface area contributed by atoms with E-state index in [1.807, 2.05) is 36.0 Å². The quantitative estimate of drug-likeness (QED) is 0.642. The van der Waals surface area contributed by atoms with Crippen molar-refractivity contribution in [3.63, 3.8) is 0 Å². The third-order valence-corrected chi connectivity index (χ3v) is 3.74. The Morgan fingerprint density at radius 3 is 2.62 bits per heavy atom. The van der Waals surface area contributed by atoms with Gasteiger partial charge in [-0.05, 0) is 17.7 Å². The second-order valence-corrected chi connectivity index (χ2v) is 6.98. The molecule has 0 aliphatic carbocycles. The Bertz CT molecular complexity index is 336. The van der Waals surface area contributed by atoms with Gasteiger partial charge in [-0.25, -0.2) is 0 Å². The number of hydrazine groups is 1. The van der Waals surface area contributed by atoms with E-state index < -0.39 is 0 Å². The summed E-state index contributed by atoms with van der Waals surface area (Å²) < 4.78 is 0.244. The van der Waals surface area contributed by atoms with Crippen LogP contribution in [-0.4, -0.2) is 10.5 Å². The molecule has 0 radical (unpaired) electrons. The van der Waals surface area contributed by atoms with E-state index in [4.69, 9.17) is 17.4 Å². The third kappa shape index (κ3) is 4.74. The number of hydrogen-bond donors (Lipinski definition) is 2. The standard InChI is InChI=1S/C12H19ClN2S/c1-12(2,3)16-8-11(15-14)9-5-4-6-10(13)7-9/h4-7,11,15H,8,14H2,1-3H3. The number of thioether (sulfide) groups is 1. The van der Waals surface area contributed by atoms with E-state index in [1.54, 1.807) is 0 Å². The van der Waals surface area contributed by atoms with Crippen molar-refractivity contribution in [3.8, 4) is 0 Å². The summed E-state index contributed by atoms with van der Waals surface area (Å²) in [7, 11) is 0. The Labute approximate surface area is 107 Å². The molecule has 1 aromatic rings. The van der Waals surface area contributed by atoms with E-state index >= 15 is 0 Å². The first-order valence-electron chi connectivity index (χ1n) is 5.28. The van der Waals surface area contributed by atoms with Gasteiger partial charge in [0.25, 0.3) is 0 Å². The molecule has 16 heavy (non-hydrogen) atoms. The maximum Gasteiger partial charge on any atom is 0.0551 e. The van der Waals surface area contributed by atoms with Gasteiger partial charge in [-0.15, -0.1) is 0 Å². The molecule has 0 saturated carbocycles. The molecule has 0 bridgehead atoms. The first-order chi connectivity index (χ1) is 7.42. The van der Waals surface area contributed by atoms with Crippen LogP contribution in [0.25, 0.3) is 0 Å². The lowest BCUT2D eigenvalue weighted by molar-refractivity contribution is 0.607. The Morgan fingerprint density at radius 1 is 1.44 bits per heavy atom. The van der Waals surface area contributed by atoms with E-state index in [9.17, 15) is 0 Å². The summed E-state index contributed by atoms with van der Waals surface area (Å²) in [6.07, 6.45) is 0. The van der Waals surface area contributed by atoms with Gasteiger partial charge >= 0.3 is 0 Å². The van der Waals surface area contributed by atoms with Crippen molar-refractivity contribution in [1.82, 2.24) is 5.43 Å². The van der Waals surface area contributed by atoms with Gasteiger partial charge in [-0.1, -0.05) is 44.5 Å². The fraction of sp³-hybridized carbons (Fsp3) is 0.500. The number of nitrogens with one attached hydrogen (secondary N) is 1. The number of halogens is 1. The van der Waals surface area contributed by atoms with E-state index in [-0.39, 0.29) is 10.8 Å². The highest BCUT2D eigenvalue weighted by Crippen LogP contribution is 2.28. The summed E-state index contributed by atoms with van der Waals surface area (Å²) in [6, 6.07) is 7.96. The van der Waals surface area contributed by atoms with Crippen LogP contribution in [0.3, 0.4) is 0 Å². The fourth-order valence-electron chi connectivity index (χ4n) is 1.30. The molecule has 0 fully saturated rings. The number of benzene rings is 1. The molecule has 0 aliphatic heterocycles. The molecule has 90 valence electrons. The molecule has 0 heterocycles. The molecule has 0 saturated heterocycles. The molecular weight excluding hydrogens is 240 g/mol. The van der Waals surface area contributed by atoms with Crippen LogP contribution in [0, 0.1) is 0 Å². The Morgan fingerprint density at radius 2 is 2.12 bits per heavy atom. The molecule has 1 atom stereocenters. The first kappa shape index (κ1) is 13.8. The summed E-state index contributed by atoms with van der Waals surface area (Å²) in [5, 5.41) is 0.749. The van der Waals surface area contributed by atoms with Crippen molar-refractivity contribution in [2.24, 2.45) is 5.84 Å². The van der Waals surface area contributed by atoms with E-state index in [1.165, 1.54) is 0 Å². The van der Waals surface area contributed by atoms with Gasteiger partial charge in [-0.2, -0.15) is 11.8 Å². The zero-order valence-corrected chi connectivity index (χ0v) is 11.5. The van der Waals surface area contributed by atoms with Crippen molar-refractivity contribution >= 4 is 23.4 Å². The molecule has 3 N–H and O–H groups in total. The fourth-order valence-corrected chi connectivity index (χ4v) is 2.45. The van der Waals surface area contributed by atoms with Gasteiger partial charge in [0.1, 0.15) is 0 Å². The van der Waals surface area contributed by atoms with Gasteiger partial charge in [0.15, 0.2) is 0 Å². The highest BCUT2D eigenvalue weighted by Gasteiger charge is 2.16. The molecule has 0 amide bonds. The SMILES string of the molecule is CC(C)(C)SCC(NN)c1cccc(Cl)c1. The van der Waals surface area contributed by atoms with Crippen LogP contribution in [-0.2, 0) is 0 Å². The van der Waals surface area contributed by atoms with Gasteiger partial charge in [0.05, 0.1) is 6.04 Å². The van der Waals surface area contributed by atoms with E-state index in [0.29, 0.717) is 0 Å². The minimum Gasteiger partial charge on any atom is -0.271 e. The maximum atomic E-state index is 5.96. The molecule has 0 aliphatic rings. The van der Waals surface area contributed by atoms with Crippen molar-refractivity contribution in [3.05, 3.63) is 34.9 Å². The molecule has 0 spiro atoms. The Balaban J connectivity index is 2.68. The van der Waals surface area contributed by atoms with Crippen LogP contribution in [0.4, 0.5) is 0 Å². The lowest BCUT2D eigenvalue weighted by Gasteiger charge is -2.22. The van der Waals surface area contributed by atoms with Gasteiger partial charge in [-0.3, -0.25) is 11.3 Å². The Kier molecular flexibility index (Phi) is 5.12. The number of rotatable bonds is 4. The van der Waals surface area contributed by atoms with Gasteiger partial charge < -0.3 is 0 Å². The average Bonchev–Trinajstić information content (AvgIpc) is 2.17. The largest absolute Gasteiger partial charge is 0.271 e. The molecule has 1 aromatic carbocycles. The summed E-state index contributed by atoms with van der Waals surface area (Å²) >= 11 is 7.84. The summed E-state index contributed by atoms with van der Waals surface area (Å²) in [5.74, 6) is 6.51. The predicted octanol–water partition coefficient (Wildman–Crippen LogP) is 3.38. The topological polar surface area (TPSA) is 38.0 Å². The lowest BCUT2D eigenvalue weighted by atomic mass is 10.1. The molecule has 0 aromatic heterocycles. The van der Waals surface area contributed by atoms with Crippen LogP contribution in [0.1, 0.15) is 32.4 Å². The molecule has 4 heteroatoms. The smallest absolute Gasteiger partial charge is 0.0551 e. The minimum atomic E-state index is 0.142. The highest BCUT2D eigenvalue weighted by atomic mass is 35.5. The highest BCUT2D eigenvalue weighted by molar-refractivity contribution is 8.00. The van der Waals surface area contributed by atoms with E-state index in [0.717, 1.165) is 16.3 Å². The summed E-state index contributed by atoms with van der Waals surface area (Å²) in [5.41, 5.74) is 3.97. The zero-order chi connectivity index (χ0) is 12.2. The van der Waals surface area contributed by atoms with Crippen LogP contribution in [0.15, 0.2) is 24.3 Å². The normalized spacial score (nSPS) is 13.8. The number of hydrogen-bond acceptors (Lipinski definition) is 3. The summed E-state index contributed by atoms with van der Waals surface area (Å²) in [4.78, 5) is 0. The molecule has 2 nitrogen and oxygen atoms in total. The van der Waals surface area contributed by atoms with Gasteiger partial charge in [0, 0.05) is 15.5 Å². The van der Waals surface area contributed by atoms with E-state index in [2.05, 4.69) is 26.2 Å². The summed E-state index contributed by atoms with van der Waals surface area (Å²) in [6.45, 7) is 6.59. The average molecular weight is 259 g/mol.